The summed E-state index contributed by atoms with van der Waals surface area (Å²) >= 11 is 0. The Bertz CT molecular complexity index is 563. The first-order valence-electron chi connectivity index (χ1n) is 18.0. The first kappa shape index (κ1) is 44.2. The number of phosphoric acid groups is 1. The standard InChI is InChI=1S/C36H71O4P.Co/c1-3-5-7-9-11-13-15-17-19-21-23-25-27-29-31-33-35-39-41(37,38)40-36-34-32-30-28-26-24-22-20-18-16-14-12-10-8-6-4-2;/h17-20H,3-16,21-36H2,1-2H3,(H,37,38);/q;+2/p-1. The maximum atomic E-state index is 11.9. The van der Waals surface area contributed by atoms with Gasteiger partial charge in [-0.25, -0.2) is 0 Å². The Morgan fingerprint density at radius 1 is 0.429 bits per heavy atom. The summed E-state index contributed by atoms with van der Waals surface area (Å²) in [6.07, 6.45) is 44.0. The second-order valence-corrected chi connectivity index (χ2v) is 13.4. The van der Waals surface area contributed by atoms with Crippen LogP contribution in [0.4, 0.5) is 0 Å². The van der Waals surface area contributed by atoms with Crippen molar-refractivity contribution in [2.45, 2.75) is 194 Å². The van der Waals surface area contributed by atoms with Gasteiger partial charge in [0.05, 0.1) is 13.2 Å². The van der Waals surface area contributed by atoms with Crippen LogP contribution in [0.2, 0.25) is 0 Å². The van der Waals surface area contributed by atoms with Crippen LogP contribution in [0.15, 0.2) is 24.3 Å². The van der Waals surface area contributed by atoms with E-state index < -0.39 is 7.82 Å². The van der Waals surface area contributed by atoms with Crippen molar-refractivity contribution >= 4 is 7.82 Å². The van der Waals surface area contributed by atoms with E-state index in [1.54, 1.807) is 0 Å². The fraction of sp³-hybridized carbons (Fsp3) is 0.889. The fourth-order valence-electron chi connectivity index (χ4n) is 5.09. The minimum absolute atomic E-state index is 0. The number of rotatable bonds is 34. The Morgan fingerprint density at radius 3 is 0.952 bits per heavy atom. The molecular weight excluding hydrogens is 586 g/mol. The molecule has 42 heavy (non-hydrogen) atoms. The Labute approximate surface area is 273 Å². The maximum Gasteiger partial charge on any atom is 2.00 e. The van der Waals surface area contributed by atoms with E-state index >= 15 is 0 Å². The smallest absolute Gasteiger partial charge is 0.756 e. The van der Waals surface area contributed by atoms with Crippen LogP contribution in [0.5, 0.6) is 0 Å². The number of hydrogen-bond acceptors (Lipinski definition) is 4. The monoisotopic (exact) mass is 656 g/mol. The van der Waals surface area contributed by atoms with Crippen LogP contribution in [0.25, 0.3) is 0 Å². The van der Waals surface area contributed by atoms with Gasteiger partial charge in [0.15, 0.2) is 0 Å². The summed E-state index contributed by atoms with van der Waals surface area (Å²) in [4.78, 5) is 11.9. The molecule has 0 unspecified atom stereocenters. The van der Waals surface area contributed by atoms with Crippen LogP contribution in [0.1, 0.15) is 194 Å². The van der Waals surface area contributed by atoms with Crippen LogP contribution >= 0.6 is 7.82 Å². The van der Waals surface area contributed by atoms with Crippen molar-refractivity contribution in [2.75, 3.05) is 13.2 Å². The van der Waals surface area contributed by atoms with Gasteiger partial charge in [-0.05, 0) is 64.2 Å². The zero-order valence-corrected chi connectivity index (χ0v) is 29.9. The summed E-state index contributed by atoms with van der Waals surface area (Å²) in [5.41, 5.74) is 0. The molecule has 0 spiro atoms. The second-order valence-electron chi connectivity index (χ2n) is 12.0. The van der Waals surface area contributed by atoms with Crippen molar-refractivity contribution in [3.8, 4) is 0 Å². The largest absolute Gasteiger partial charge is 2.00 e. The van der Waals surface area contributed by atoms with E-state index in [1.807, 2.05) is 0 Å². The summed E-state index contributed by atoms with van der Waals surface area (Å²) in [6, 6.07) is 0. The topological polar surface area (TPSA) is 58.6 Å². The van der Waals surface area contributed by atoms with Gasteiger partial charge in [0.25, 0.3) is 7.82 Å². The van der Waals surface area contributed by atoms with Gasteiger partial charge in [0, 0.05) is 0 Å². The summed E-state index contributed by atoms with van der Waals surface area (Å²) < 4.78 is 22.0. The van der Waals surface area contributed by atoms with E-state index in [0.717, 1.165) is 38.5 Å². The van der Waals surface area contributed by atoms with Gasteiger partial charge in [-0.15, -0.1) is 0 Å². The predicted octanol–water partition coefficient (Wildman–Crippen LogP) is 12.6. The number of hydrogen-bond donors (Lipinski definition) is 0. The summed E-state index contributed by atoms with van der Waals surface area (Å²) in [5, 5.41) is 0. The second kappa shape index (κ2) is 37.3. The molecule has 0 fully saturated rings. The van der Waals surface area contributed by atoms with Gasteiger partial charge >= 0.3 is 16.8 Å². The molecule has 0 saturated carbocycles. The average molecular weight is 657 g/mol. The normalized spacial score (nSPS) is 13.2. The van der Waals surface area contributed by atoms with Crippen molar-refractivity contribution in [3.05, 3.63) is 24.3 Å². The number of allylic oxidation sites excluding steroid dienone is 4. The molecule has 0 rings (SSSR count). The molecule has 0 saturated heterocycles. The van der Waals surface area contributed by atoms with Gasteiger partial charge < -0.3 is 13.9 Å². The molecule has 0 heterocycles. The zero-order valence-electron chi connectivity index (χ0n) is 27.9. The quantitative estimate of drug-likeness (QED) is 0.0393. The third-order valence-electron chi connectivity index (χ3n) is 7.81. The van der Waals surface area contributed by atoms with E-state index in [4.69, 9.17) is 9.05 Å². The fourth-order valence-corrected chi connectivity index (χ4v) is 5.87. The van der Waals surface area contributed by atoms with Gasteiger partial charge in [-0.3, -0.25) is 4.57 Å². The van der Waals surface area contributed by atoms with Gasteiger partial charge in [0.1, 0.15) is 0 Å². The molecule has 0 aromatic heterocycles. The van der Waals surface area contributed by atoms with E-state index in [2.05, 4.69) is 38.2 Å². The van der Waals surface area contributed by atoms with Crippen molar-refractivity contribution in [1.82, 2.24) is 0 Å². The van der Waals surface area contributed by atoms with E-state index in [9.17, 15) is 9.46 Å². The number of phosphoric ester groups is 1. The molecule has 0 aliphatic carbocycles. The molecule has 1 radical (unpaired) electrons. The summed E-state index contributed by atoms with van der Waals surface area (Å²) in [5.74, 6) is 0. The van der Waals surface area contributed by atoms with E-state index in [1.165, 1.54) is 141 Å². The SMILES string of the molecule is CCCCCCCCC=CCCCCCCCCOP(=O)([O-])OCCCCCCCCC=CCCCCCCCC.[Co+2]. The van der Waals surface area contributed by atoms with Crippen LogP contribution in [-0.4, -0.2) is 13.2 Å². The molecule has 0 amide bonds. The molecule has 0 atom stereocenters. The molecule has 6 heteroatoms. The molecule has 251 valence electrons. The molecule has 0 aliphatic rings. The third-order valence-corrected chi connectivity index (χ3v) is 8.81. The van der Waals surface area contributed by atoms with Crippen molar-refractivity contribution in [1.29, 1.82) is 0 Å². The third kappa shape index (κ3) is 38.1. The summed E-state index contributed by atoms with van der Waals surface area (Å²) in [7, 11) is -4.14. The Hall–Kier alpha value is 0.0965. The maximum absolute atomic E-state index is 11.9. The molecular formula is C36H70CoO4P+. The van der Waals surface area contributed by atoms with Gasteiger partial charge in [0.2, 0.25) is 0 Å². The molecule has 4 nitrogen and oxygen atoms in total. The Morgan fingerprint density at radius 2 is 0.667 bits per heavy atom. The van der Waals surface area contributed by atoms with Crippen LogP contribution in [-0.2, 0) is 30.4 Å². The van der Waals surface area contributed by atoms with Crippen molar-refractivity contribution in [3.63, 3.8) is 0 Å². The van der Waals surface area contributed by atoms with Crippen molar-refractivity contribution < 1.29 is 35.3 Å². The van der Waals surface area contributed by atoms with Gasteiger partial charge in [-0.2, -0.15) is 0 Å². The minimum atomic E-state index is -4.14. The zero-order chi connectivity index (χ0) is 30.0. The number of unbranched alkanes of at least 4 members (excludes halogenated alkanes) is 24. The first-order chi connectivity index (χ1) is 20.1. The predicted molar refractivity (Wildman–Crippen MR) is 178 cm³/mol. The molecule has 0 aliphatic heterocycles. The van der Waals surface area contributed by atoms with Crippen LogP contribution in [0, 0.1) is 0 Å². The summed E-state index contributed by atoms with van der Waals surface area (Å²) in [6.45, 7) is 5.02. The molecule has 0 bridgehead atoms. The van der Waals surface area contributed by atoms with Crippen LogP contribution in [0.3, 0.4) is 0 Å². The van der Waals surface area contributed by atoms with E-state index in [-0.39, 0.29) is 30.0 Å². The van der Waals surface area contributed by atoms with Crippen molar-refractivity contribution in [2.24, 2.45) is 0 Å². The Balaban J connectivity index is 0. The van der Waals surface area contributed by atoms with Gasteiger partial charge in [-0.1, -0.05) is 154 Å². The Kier molecular flexibility index (Phi) is 39.3. The average Bonchev–Trinajstić information content (AvgIpc) is 2.96. The molecule has 0 N–H and O–H groups in total. The minimum Gasteiger partial charge on any atom is -0.756 e. The first-order valence-corrected chi connectivity index (χ1v) is 19.5. The van der Waals surface area contributed by atoms with Crippen LogP contribution < -0.4 is 4.89 Å². The molecule has 0 aromatic rings. The molecule has 0 aromatic carbocycles. The van der Waals surface area contributed by atoms with E-state index in [0.29, 0.717) is 0 Å².